The summed E-state index contributed by atoms with van der Waals surface area (Å²) in [6.45, 7) is 11.3. The van der Waals surface area contributed by atoms with Crippen LogP contribution in [0.25, 0.3) is 11.1 Å². The molecule has 0 bridgehead atoms. The summed E-state index contributed by atoms with van der Waals surface area (Å²) < 4.78 is 31.3. The van der Waals surface area contributed by atoms with E-state index >= 15 is 0 Å². The molecule has 0 spiro atoms. The first-order chi connectivity index (χ1) is 52.6. The number of rotatable bonds is 81. The fourth-order valence-electron chi connectivity index (χ4n) is 15.1. The number of carbonyl (C=O) groups excluding carboxylic acids is 5. The quantitative estimate of drug-likeness (QED) is 0.0358. The number of ether oxygens (including phenoxy) is 5. The van der Waals surface area contributed by atoms with Crippen molar-refractivity contribution in [2.75, 3.05) is 0 Å². The molecule has 0 radical (unpaired) electrons. The van der Waals surface area contributed by atoms with Gasteiger partial charge in [0.05, 0.1) is 5.56 Å². The van der Waals surface area contributed by atoms with Gasteiger partial charge in [0.1, 0.15) is 28.7 Å². The van der Waals surface area contributed by atoms with Crippen molar-refractivity contribution in [2.24, 2.45) is 0 Å². The lowest BCUT2D eigenvalue weighted by atomic mass is 10.0. The van der Waals surface area contributed by atoms with E-state index in [0.29, 0.717) is 37.7 Å². The Morgan fingerprint density at radius 3 is 0.486 bits per heavy atom. The molecule has 2 rings (SSSR count). The molecule has 0 aliphatic carbocycles. The Labute approximate surface area is 660 Å². The molecule has 0 atom stereocenters. The standard InChI is InChI=1S/C97H170O10/c1-6-11-16-21-26-31-36-41-46-51-56-61-66-71-76-92(98)103-87-81-86(82-88(83-87)104-93(99)77-72-67-62-57-52-47-42-37-32-27-22-17-12-7-2)97-90(106-95(101)79-74-69-64-59-54-49-44-39-34-29-24-19-14-9-4)84-89(105-94(100)78-73-68-63-58-53-48-43-38-33-28-23-18-13-8-3)85-91(97)107-96(102)80-75-70-65-60-55-50-45-40-35-30-25-20-15-10-5/h81-85H,6-80H2,1-5H3. The van der Waals surface area contributed by atoms with E-state index in [-0.39, 0.29) is 66.4 Å². The van der Waals surface area contributed by atoms with Crippen molar-refractivity contribution in [2.45, 2.75) is 516 Å². The fraction of sp³-hybridized carbons (Fsp3) is 0.825. The molecule has 10 heteroatoms. The minimum Gasteiger partial charge on any atom is -0.426 e. The highest BCUT2D eigenvalue weighted by molar-refractivity contribution is 5.87. The predicted molar refractivity (Wildman–Crippen MR) is 455 cm³/mol. The monoisotopic (exact) mass is 1500 g/mol. The molecule has 0 aromatic heterocycles. The molecule has 10 nitrogen and oxygen atoms in total. The van der Waals surface area contributed by atoms with Crippen LogP contribution in [0.4, 0.5) is 0 Å². The van der Waals surface area contributed by atoms with Crippen LogP contribution in [-0.4, -0.2) is 29.8 Å². The molecule has 0 heterocycles. The molecule has 107 heavy (non-hydrogen) atoms. The second kappa shape index (κ2) is 75.8. The van der Waals surface area contributed by atoms with Crippen molar-refractivity contribution in [3.63, 3.8) is 0 Å². The molecular weight excluding hydrogens is 1330 g/mol. The summed E-state index contributed by atoms with van der Waals surface area (Å²) in [5, 5.41) is 0. The van der Waals surface area contributed by atoms with Crippen LogP contribution in [0.2, 0.25) is 0 Å². The second-order valence-corrected chi connectivity index (χ2v) is 32.6. The van der Waals surface area contributed by atoms with E-state index in [1.807, 2.05) is 0 Å². The molecule has 0 unspecified atom stereocenters. The highest BCUT2D eigenvalue weighted by atomic mass is 16.6. The van der Waals surface area contributed by atoms with Crippen molar-refractivity contribution < 1.29 is 47.7 Å². The summed E-state index contributed by atoms with van der Waals surface area (Å²) >= 11 is 0. The first-order valence-electron chi connectivity index (χ1n) is 47.0. The maximum absolute atomic E-state index is 14.3. The van der Waals surface area contributed by atoms with E-state index < -0.39 is 29.8 Å². The Bertz CT molecular complexity index is 2250. The summed E-state index contributed by atoms with van der Waals surface area (Å²) in [6.07, 6.45) is 85.2. The van der Waals surface area contributed by atoms with E-state index in [9.17, 15) is 24.0 Å². The molecule has 0 aliphatic heterocycles. The summed E-state index contributed by atoms with van der Waals surface area (Å²) in [7, 11) is 0. The van der Waals surface area contributed by atoms with E-state index in [2.05, 4.69) is 34.6 Å². The normalized spacial score (nSPS) is 11.4. The Morgan fingerprint density at radius 2 is 0.318 bits per heavy atom. The van der Waals surface area contributed by atoms with Gasteiger partial charge in [0.15, 0.2) is 0 Å². The third-order valence-electron chi connectivity index (χ3n) is 22.0. The average Bonchev–Trinajstić information content (AvgIpc) is 0.783. The van der Waals surface area contributed by atoms with Gasteiger partial charge in [-0.25, -0.2) is 0 Å². The minimum absolute atomic E-state index is 0.0343. The number of hydrogen-bond donors (Lipinski definition) is 0. The van der Waals surface area contributed by atoms with Crippen LogP contribution in [0.5, 0.6) is 28.7 Å². The molecule has 0 amide bonds. The SMILES string of the molecule is CCCCCCCCCCCCCCCCC(=O)Oc1cc(OC(=O)CCCCCCCCCCCCCCCC)cc(-c2c(OC(=O)CCCCCCCCCCCCCCCC)cc(OC(=O)CCCCCCCCCCCCCCCC)cc2OC(=O)CCCCCCCCCCCCCCCC)c1. The van der Waals surface area contributed by atoms with Gasteiger partial charge >= 0.3 is 29.8 Å². The van der Waals surface area contributed by atoms with Crippen LogP contribution in [0, 0.1) is 0 Å². The highest BCUT2D eigenvalue weighted by Crippen LogP contribution is 2.45. The number of esters is 5. The zero-order chi connectivity index (χ0) is 77.0. The first kappa shape index (κ1) is 98.9. The maximum Gasteiger partial charge on any atom is 0.311 e. The maximum atomic E-state index is 14.3. The Hall–Kier alpha value is -4.21. The van der Waals surface area contributed by atoms with Crippen LogP contribution in [0.3, 0.4) is 0 Å². The van der Waals surface area contributed by atoms with Gasteiger partial charge in [-0.15, -0.1) is 0 Å². The van der Waals surface area contributed by atoms with Crippen molar-refractivity contribution in [3.8, 4) is 39.9 Å². The predicted octanol–water partition coefficient (Wildman–Crippen LogP) is 32.2. The molecule has 2 aromatic rings. The summed E-state index contributed by atoms with van der Waals surface area (Å²) in [4.78, 5) is 70.2. The molecular formula is C97H170O10. The average molecular weight is 1500 g/mol. The van der Waals surface area contributed by atoms with Crippen LogP contribution in [-0.2, 0) is 24.0 Å². The van der Waals surface area contributed by atoms with Crippen molar-refractivity contribution in [3.05, 3.63) is 30.3 Å². The fourth-order valence-corrected chi connectivity index (χ4v) is 15.1. The Morgan fingerprint density at radius 1 is 0.178 bits per heavy atom. The van der Waals surface area contributed by atoms with Gasteiger partial charge in [0, 0.05) is 50.3 Å². The van der Waals surface area contributed by atoms with Gasteiger partial charge in [0.25, 0.3) is 0 Å². The third-order valence-corrected chi connectivity index (χ3v) is 22.0. The second-order valence-electron chi connectivity index (χ2n) is 32.6. The third kappa shape index (κ3) is 62.1. The topological polar surface area (TPSA) is 132 Å². The molecule has 0 N–H and O–H groups in total. The molecule has 2 aromatic carbocycles. The van der Waals surface area contributed by atoms with Crippen molar-refractivity contribution in [1.29, 1.82) is 0 Å². The van der Waals surface area contributed by atoms with Crippen LogP contribution in [0.15, 0.2) is 30.3 Å². The lowest BCUT2D eigenvalue weighted by Gasteiger charge is -2.19. The zero-order valence-electron chi connectivity index (χ0n) is 71.0. The van der Waals surface area contributed by atoms with Gasteiger partial charge in [-0.1, -0.05) is 452 Å². The van der Waals surface area contributed by atoms with E-state index in [0.717, 1.165) is 96.3 Å². The Kier molecular flexibility index (Phi) is 70.0. The summed E-state index contributed by atoms with van der Waals surface area (Å²) in [5.41, 5.74) is 0.583. The van der Waals surface area contributed by atoms with Gasteiger partial charge in [-0.05, 0) is 49.8 Å². The minimum atomic E-state index is -0.466. The molecule has 0 saturated carbocycles. The summed E-state index contributed by atoms with van der Waals surface area (Å²) in [5.74, 6) is -1.69. The van der Waals surface area contributed by atoms with Crippen molar-refractivity contribution in [1.82, 2.24) is 0 Å². The van der Waals surface area contributed by atoms with Gasteiger partial charge in [-0.3, -0.25) is 24.0 Å². The largest absolute Gasteiger partial charge is 0.426 e. The van der Waals surface area contributed by atoms with E-state index in [4.69, 9.17) is 23.7 Å². The van der Waals surface area contributed by atoms with Crippen LogP contribution in [0.1, 0.15) is 516 Å². The van der Waals surface area contributed by atoms with Gasteiger partial charge in [0.2, 0.25) is 0 Å². The summed E-state index contributed by atoms with van der Waals surface area (Å²) in [6, 6.07) is 8.00. The van der Waals surface area contributed by atoms with E-state index in [1.54, 1.807) is 30.3 Å². The van der Waals surface area contributed by atoms with E-state index in [1.165, 1.54) is 321 Å². The smallest absolute Gasteiger partial charge is 0.311 e. The first-order valence-corrected chi connectivity index (χ1v) is 47.0. The van der Waals surface area contributed by atoms with Crippen LogP contribution < -0.4 is 23.7 Å². The zero-order valence-corrected chi connectivity index (χ0v) is 71.0. The molecule has 0 fully saturated rings. The number of benzene rings is 2. The molecule has 0 aliphatic rings. The number of unbranched alkanes of at least 4 members (excludes halogenated alkanes) is 65. The highest BCUT2D eigenvalue weighted by Gasteiger charge is 2.25. The van der Waals surface area contributed by atoms with Gasteiger partial charge < -0.3 is 23.7 Å². The lowest BCUT2D eigenvalue weighted by molar-refractivity contribution is -0.136. The molecule has 618 valence electrons. The number of carbonyl (C=O) groups is 5. The number of hydrogen-bond acceptors (Lipinski definition) is 10. The molecule has 0 saturated heterocycles. The lowest BCUT2D eigenvalue weighted by Crippen LogP contribution is -2.13. The van der Waals surface area contributed by atoms with Crippen LogP contribution >= 0.6 is 0 Å². The van der Waals surface area contributed by atoms with Crippen molar-refractivity contribution >= 4 is 29.8 Å². The van der Waals surface area contributed by atoms with Gasteiger partial charge in [-0.2, -0.15) is 0 Å². The Balaban J connectivity index is 2.47.